The molecule has 0 radical (unpaired) electrons. The number of carbonyl (C=O) groups is 1. The van der Waals surface area contributed by atoms with Crippen LogP contribution in [0.3, 0.4) is 0 Å². The lowest BCUT2D eigenvalue weighted by Crippen LogP contribution is -2.35. The lowest BCUT2D eigenvalue weighted by molar-refractivity contribution is 0.1000. The van der Waals surface area contributed by atoms with Gasteiger partial charge in [0, 0.05) is 31.1 Å². The van der Waals surface area contributed by atoms with Crippen LogP contribution in [0.1, 0.15) is 20.8 Å². The Kier molecular flexibility index (Phi) is 3.89. The number of fused-ring (bicyclic) bond motifs is 1. The third-order valence-corrected chi connectivity index (χ3v) is 4.32. The van der Waals surface area contributed by atoms with Crippen molar-refractivity contribution in [2.24, 2.45) is 5.73 Å². The summed E-state index contributed by atoms with van der Waals surface area (Å²) >= 11 is 1.50. The van der Waals surface area contributed by atoms with Gasteiger partial charge in [-0.15, -0.1) is 11.3 Å². The zero-order valence-corrected chi connectivity index (χ0v) is 11.7. The van der Waals surface area contributed by atoms with E-state index in [1.807, 2.05) is 0 Å². The van der Waals surface area contributed by atoms with Crippen molar-refractivity contribution in [1.29, 1.82) is 0 Å². The van der Waals surface area contributed by atoms with Gasteiger partial charge in [-0.25, -0.2) is 0 Å². The number of likely N-dealkylation sites (N-methyl/N-ethyl adjacent to an activating group) is 1. The maximum Gasteiger partial charge on any atom is 0.251 e. The number of amides is 1. The monoisotopic (exact) mass is 268 g/mol. The second-order valence-electron chi connectivity index (χ2n) is 4.94. The molecule has 1 aromatic heterocycles. The third-order valence-electron chi connectivity index (χ3n) is 3.27. The molecular weight excluding hydrogens is 248 g/mol. The highest BCUT2D eigenvalue weighted by Crippen LogP contribution is 2.34. The molecule has 0 saturated carbocycles. The van der Waals surface area contributed by atoms with E-state index in [0.29, 0.717) is 10.6 Å². The van der Waals surface area contributed by atoms with Gasteiger partial charge in [-0.1, -0.05) is 0 Å². The van der Waals surface area contributed by atoms with Gasteiger partial charge in [-0.2, -0.15) is 0 Å². The van der Waals surface area contributed by atoms with E-state index in [4.69, 9.17) is 11.5 Å². The molecule has 18 heavy (non-hydrogen) atoms. The molecule has 0 aliphatic carbocycles. The Morgan fingerprint density at radius 3 is 2.83 bits per heavy atom. The normalized spacial score (nSPS) is 15.9. The number of nitrogens with two attached hydrogens (primary N) is 2. The summed E-state index contributed by atoms with van der Waals surface area (Å²) in [5.74, 6) is -0.397. The Labute approximate surface area is 111 Å². The Bertz CT molecular complexity index is 455. The maximum absolute atomic E-state index is 11.4. The predicted octanol–water partition coefficient (Wildman–Crippen LogP) is 0.349. The molecule has 2 rings (SSSR count). The van der Waals surface area contributed by atoms with Gasteiger partial charge in [-0.05, 0) is 26.1 Å². The number of anilines is 1. The molecule has 2 heterocycles. The number of primary amides is 1. The van der Waals surface area contributed by atoms with Crippen LogP contribution in [0.4, 0.5) is 5.00 Å². The lowest BCUT2D eigenvalue weighted by atomic mass is 10.0. The summed E-state index contributed by atoms with van der Waals surface area (Å²) in [5.41, 5.74) is 12.9. The van der Waals surface area contributed by atoms with Gasteiger partial charge in [0.1, 0.15) is 0 Å². The average molecular weight is 268 g/mol. The molecule has 1 aliphatic rings. The van der Waals surface area contributed by atoms with E-state index in [0.717, 1.165) is 38.2 Å². The number of hydrogen-bond donors (Lipinski definition) is 2. The number of rotatable bonds is 4. The van der Waals surface area contributed by atoms with Gasteiger partial charge >= 0.3 is 0 Å². The van der Waals surface area contributed by atoms with Gasteiger partial charge in [0.25, 0.3) is 5.91 Å². The van der Waals surface area contributed by atoms with E-state index in [9.17, 15) is 4.79 Å². The Morgan fingerprint density at radius 2 is 2.22 bits per heavy atom. The number of nitrogens with zero attached hydrogens (tertiary/aromatic N) is 2. The van der Waals surface area contributed by atoms with Crippen molar-refractivity contribution in [3.05, 3.63) is 16.0 Å². The van der Waals surface area contributed by atoms with E-state index >= 15 is 0 Å². The molecule has 0 unspecified atom stereocenters. The number of carbonyl (C=O) groups excluding carboxylic acids is 1. The first-order valence-corrected chi connectivity index (χ1v) is 6.87. The molecule has 4 N–H and O–H groups in total. The summed E-state index contributed by atoms with van der Waals surface area (Å²) in [4.78, 5) is 17.1. The van der Waals surface area contributed by atoms with Gasteiger partial charge in [0.15, 0.2) is 0 Å². The van der Waals surface area contributed by atoms with Crippen LogP contribution in [-0.4, -0.2) is 49.4 Å². The first kappa shape index (κ1) is 13.3. The third kappa shape index (κ3) is 2.66. The minimum Gasteiger partial charge on any atom is -0.390 e. The second kappa shape index (κ2) is 5.26. The first-order valence-electron chi connectivity index (χ1n) is 6.06. The molecule has 0 spiro atoms. The van der Waals surface area contributed by atoms with E-state index in [1.54, 1.807) is 0 Å². The van der Waals surface area contributed by atoms with E-state index in [2.05, 4.69) is 23.9 Å². The SMILES string of the molecule is CN(C)CCN1CCc2c(sc(N)c2C(N)=O)C1. The Hall–Kier alpha value is -1.11. The fraction of sp³-hybridized carbons (Fsp3) is 0.583. The standard InChI is InChI=1S/C12H20N4OS/c1-15(2)5-6-16-4-3-8-9(7-16)18-12(14)10(8)11(13)17/h3-7,14H2,1-2H3,(H2,13,17). The quantitative estimate of drug-likeness (QED) is 0.826. The van der Waals surface area contributed by atoms with Crippen molar-refractivity contribution in [3.8, 4) is 0 Å². The molecule has 0 bridgehead atoms. The molecule has 5 nitrogen and oxygen atoms in total. The number of hydrogen-bond acceptors (Lipinski definition) is 5. The molecule has 6 heteroatoms. The molecule has 0 atom stereocenters. The van der Waals surface area contributed by atoms with Gasteiger partial charge in [0.2, 0.25) is 0 Å². The van der Waals surface area contributed by atoms with Crippen LogP contribution in [0.5, 0.6) is 0 Å². The molecule has 0 fully saturated rings. The molecule has 1 aromatic rings. The summed E-state index contributed by atoms with van der Waals surface area (Å²) in [7, 11) is 4.15. The number of nitrogen functional groups attached to an aromatic ring is 1. The van der Waals surface area contributed by atoms with Crippen LogP contribution in [0.25, 0.3) is 0 Å². The first-order chi connectivity index (χ1) is 8.49. The second-order valence-corrected chi connectivity index (χ2v) is 6.07. The largest absolute Gasteiger partial charge is 0.390 e. The van der Waals surface area contributed by atoms with E-state index < -0.39 is 5.91 Å². The minimum atomic E-state index is -0.397. The maximum atomic E-state index is 11.4. The summed E-state index contributed by atoms with van der Waals surface area (Å²) in [6, 6.07) is 0. The van der Waals surface area contributed by atoms with Gasteiger partial charge < -0.3 is 16.4 Å². The Morgan fingerprint density at radius 1 is 1.50 bits per heavy atom. The van der Waals surface area contributed by atoms with Gasteiger partial charge in [-0.3, -0.25) is 9.69 Å². The zero-order chi connectivity index (χ0) is 13.3. The van der Waals surface area contributed by atoms with Crippen LogP contribution < -0.4 is 11.5 Å². The lowest BCUT2D eigenvalue weighted by Gasteiger charge is -2.28. The van der Waals surface area contributed by atoms with Crippen molar-refractivity contribution in [2.75, 3.05) is 39.5 Å². The van der Waals surface area contributed by atoms with Crippen LogP contribution in [-0.2, 0) is 13.0 Å². The summed E-state index contributed by atoms with van der Waals surface area (Å²) in [6.45, 7) is 3.93. The van der Waals surface area contributed by atoms with Crippen molar-refractivity contribution in [2.45, 2.75) is 13.0 Å². The van der Waals surface area contributed by atoms with Crippen molar-refractivity contribution >= 4 is 22.2 Å². The average Bonchev–Trinajstić information content (AvgIpc) is 2.61. The predicted molar refractivity (Wildman–Crippen MR) is 74.8 cm³/mol. The van der Waals surface area contributed by atoms with Crippen LogP contribution >= 0.6 is 11.3 Å². The fourth-order valence-electron chi connectivity index (χ4n) is 2.28. The zero-order valence-electron chi connectivity index (χ0n) is 10.9. The molecular formula is C12H20N4OS. The molecule has 1 aliphatic heterocycles. The molecule has 0 aromatic carbocycles. The van der Waals surface area contributed by atoms with Gasteiger partial charge in [0.05, 0.1) is 10.6 Å². The molecule has 100 valence electrons. The topological polar surface area (TPSA) is 75.6 Å². The van der Waals surface area contributed by atoms with Crippen LogP contribution in [0.15, 0.2) is 0 Å². The smallest absolute Gasteiger partial charge is 0.251 e. The molecule has 1 amide bonds. The number of thiophene rings is 1. The van der Waals surface area contributed by atoms with Crippen molar-refractivity contribution in [3.63, 3.8) is 0 Å². The summed E-state index contributed by atoms with van der Waals surface area (Å²) in [6.07, 6.45) is 0.870. The highest BCUT2D eigenvalue weighted by atomic mass is 32.1. The van der Waals surface area contributed by atoms with E-state index in [1.165, 1.54) is 16.2 Å². The van der Waals surface area contributed by atoms with E-state index in [-0.39, 0.29) is 0 Å². The van der Waals surface area contributed by atoms with Crippen molar-refractivity contribution in [1.82, 2.24) is 9.80 Å². The Balaban J connectivity index is 2.11. The highest BCUT2D eigenvalue weighted by Gasteiger charge is 2.25. The summed E-state index contributed by atoms with van der Waals surface area (Å²) < 4.78 is 0. The molecule has 0 saturated heterocycles. The minimum absolute atomic E-state index is 0.397. The van der Waals surface area contributed by atoms with Crippen LogP contribution in [0.2, 0.25) is 0 Å². The van der Waals surface area contributed by atoms with Crippen LogP contribution in [0, 0.1) is 0 Å². The highest BCUT2D eigenvalue weighted by molar-refractivity contribution is 7.16. The summed E-state index contributed by atoms with van der Waals surface area (Å²) in [5, 5.41) is 0.571. The fourth-order valence-corrected chi connectivity index (χ4v) is 3.45. The van der Waals surface area contributed by atoms with Crippen molar-refractivity contribution < 1.29 is 4.79 Å².